The van der Waals surface area contributed by atoms with Gasteiger partial charge in [-0.05, 0) is 42.7 Å². The molecule has 7 heteroatoms. The highest BCUT2D eigenvalue weighted by Gasteiger charge is 2.38. The number of benzene rings is 2. The summed E-state index contributed by atoms with van der Waals surface area (Å²) in [7, 11) is 3.20. The quantitative estimate of drug-likeness (QED) is 0.760. The normalized spacial score (nSPS) is 15.2. The van der Waals surface area contributed by atoms with Crippen molar-refractivity contribution < 1.29 is 19.1 Å². The Labute approximate surface area is 177 Å². The van der Waals surface area contributed by atoms with Crippen molar-refractivity contribution in [2.45, 2.75) is 26.3 Å². The fraction of sp³-hybridized carbons (Fsp3) is 0.391. The molecule has 30 heavy (non-hydrogen) atoms. The molecular formula is C23H29N3O4. The smallest absolute Gasteiger partial charge is 0.321 e. The van der Waals surface area contributed by atoms with Gasteiger partial charge in [0.15, 0.2) is 0 Å². The molecule has 1 aliphatic heterocycles. The lowest BCUT2D eigenvalue weighted by atomic mass is 9.79. The van der Waals surface area contributed by atoms with E-state index in [-0.39, 0.29) is 11.9 Å². The van der Waals surface area contributed by atoms with E-state index < -0.39 is 5.41 Å². The number of hydrogen-bond acceptors (Lipinski definition) is 4. The molecule has 0 atom stereocenters. The summed E-state index contributed by atoms with van der Waals surface area (Å²) in [5.41, 5.74) is 1.16. The van der Waals surface area contributed by atoms with Gasteiger partial charge < -0.3 is 25.0 Å². The molecule has 0 saturated carbocycles. The number of urea groups is 1. The highest BCUT2D eigenvalue weighted by molar-refractivity contribution is 5.91. The molecule has 2 aromatic carbocycles. The van der Waals surface area contributed by atoms with Crippen LogP contribution in [0.25, 0.3) is 0 Å². The third-order valence-electron chi connectivity index (χ3n) is 5.66. The fourth-order valence-electron chi connectivity index (χ4n) is 3.51. The zero-order valence-corrected chi connectivity index (χ0v) is 17.7. The van der Waals surface area contributed by atoms with Gasteiger partial charge in [0.1, 0.15) is 11.5 Å². The maximum absolute atomic E-state index is 12.8. The number of carbonyl (C=O) groups excluding carboxylic acids is 2. The molecule has 1 saturated heterocycles. The lowest BCUT2D eigenvalue weighted by molar-refractivity contribution is -0.132. The number of anilines is 1. The minimum Gasteiger partial charge on any atom is -0.497 e. The summed E-state index contributed by atoms with van der Waals surface area (Å²) in [6.45, 7) is 3.48. The van der Waals surface area contributed by atoms with Crippen LogP contribution in [0, 0.1) is 5.41 Å². The lowest BCUT2D eigenvalue weighted by Gasteiger charge is -2.38. The van der Waals surface area contributed by atoms with Crippen LogP contribution in [0.1, 0.15) is 25.3 Å². The zero-order valence-electron chi connectivity index (χ0n) is 17.7. The number of rotatable bonds is 6. The third kappa shape index (κ3) is 5.03. The minimum absolute atomic E-state index is 0.0168. The number of likely N-dealkylation sites (tertiary alicyclic amines) is 1. The highest BCUT2D eigenvalue weighted by atomic mass is 16.5. The van der Waals surface area contributed by atoms with Crippen LogP contribution in [0.4, 0.5) is 10.5 Å². The van der Waals surface area contributed by atoms with Crippen molar-refractivity contribution in [3.63, 3.8) is 0 Å². The second-order valence-electron chi connectivity index (χ2n) is 7.71. The van der Waals surface area contributed by atoms with Crippen LogP contribution in [-0.4, -0.2) is 44.1 Å². The van der Waals surface area contributed by atoms with Crippen LogP contribution < -0.4 is 20.1 Å². The van der Waals surface area contributed by atoms with Crippen molar-refractivity contribution in [1.82, 2.24) is 10.2 Å². The first-order valence-electron chi connectivity index (χ1n) is 10.1. The molecular weight excluding hydrogens is 382 g/mol. The van der Waals surface area contributed by atoms with Crippen molar-refractivity contribution in [3.05, 3.63) is 54.1 Å². The number of para-hydroxylation sites is 2. The Bertz CT molecular complexity index is 874. The molecule has 2 N–H and O–H groups in total. The summed E-state index contributed by atoms with van der Waals surface area (Å²) in [5, 5.41) is 5.93. The van der Waals surface area contributed by atoms with E-state index in [2.05, 4.69) is 10.6 Å². The number of methoxy groups -OCH3 is 2. The Hall–Kier alpha value is -3.22. The van der Waals surface area contributed by atoms with E-state index in [0.717, 1.165) is 11.3 Å². The van der Waals surface area contributed by atoms with Crippen LogP contribution in [0.3, 0.4) is 0 Å². The minimum atomic E-state index is -0.492. The Morgan fingerprint density at radius 1 is 1.00 bits per heavy atom. The number of amides is 3. The number of nitrogens with one attached hydrogen (secondary N) is 2. The van der Waals surface area contributed by atoms with E-state index in [9.17, 15) is 9.59 Å². The van der Waals surface area contributed by atoms with E-state index in [1.807, 2.05) is 43.3 Å². The summed E-state index contributed by atoms with van der Waals surface area (Å²) in [6, 6.07) is 14.8. The maximum atomic E-state index is 12.8. The molecule has 7 nitrogen and oxygen atoms in total. The van der Waals surface area contributed by atoms with E-state index in [0.29, 0.717) is 43.9 Å². The first-order chi connectivity index (χ1) is 14.4. The lowest BCUT2D eigenvalue weighted by Crippen LogP contribution is -2.49. The van der Waals surface area contributed by atoms with Gasteiger partial charge in [-0.3, -0.25) is 4.79 Å². The Kier molecular flexibility index (Phi) is 6.82. The maximum Gasteiger partial charge on any atom is 0.321 e. The summed E-state index contributed by atoms with van der Waals surface area (Å²) in [4.78, 5) is 27.2. The molecule has 2 aromatic rings. The zero-order chi connectivity index (χ0) is 21.6. The second-order valence-corrected chi connectivity index (χ2v) is 7.71. The summed E-state index contributed by atoms with van der Waals surface area (Å²) >= 11 is 0. The number of nitrogens with zero attached hydrogens (tertiary/aromatic N) is 1. The molecule has 3 amide bonds. The predicted octanol–water partition coefficient (Wildman–Crippen LogP) is 3.65. The van der Waals surface area contributed by atoms with Gasteiger partial charge in [0.2, 0.25) is 5.91 Å². The molecule has 0 aliphatic carbocycles. The van der Waals surface area contributed by atoms with E-state index in [4.69, 9.17) is 9.47 Å². The van der Waals surface area contributed by atoms with Crippen molar-refractivity contribution in [3.8, 4) is 11.5 Å². The van der Waals surface area contributed by atoms with E-state index in [1.54, 1.807) is 31.3 Å². The number of piperidine rings is 1. The van der Waals surface area contributed by atoms with Gasteiger partial charge in [-0.1, -0.05) is 31.2 Å². The average molecular weight is 412 g/mol. The highest BCUT2D eigenvalue weighted by Crippen LogP contribution is 2.32. The average Bonchev–Trinajstić information content (AvgIpc) is 2.78. The molecule has 1 fully saturated rings. The molecule has 0 unspecified atom stereocenters. The molecule has 1 heterocycles. The molecule has 0 spiro atoms. The third-order valence-corrected chi connectivity index (χ3v) is 5.66. The van der Waals surface area contributed by atoms with Crippen LogP contribution >= 0.6 is 0 Å². The van der Waals surface area contributed by atoms with Gasteiger partial charge in [-0.15, -0.1) is 0 Å². The van der Waals surface area contributed by atoms with Gasteiger partial charge in [0, 0.05) is 25.0 Å². The Morgan fingerprint density at radius 3 is 2.30 bits per heavy atom. The summed E-state index contributed by atoms with van der Waals surface area (Å²) in [6.07, 6.45) is 1.22. The van der Waals surface area contributed by atoms with Crippen molar-refractivity contribution in [2.24, 2.45) is 5.41 Å². The molecule has 1 aliphatic rings. The van der Waals surface area contributed by atoms with Gasteiger partial charge in [-0.25, -0.2) is 4.79 Å². The van der Waals surface area contributed by atoms with Gasteiger partial charge >= 0.3 is 6.03 Å². The van der Waals surface area contributed by atoms with E-state index >= 15 is 0 Å². The molecule has 0 aromatic heterocycles. The van der Waals surface area contributed by atoms with Crippen molar-refractivity contribution >= 4 is 17.6 Å². The topological polar surface area (TPSA) is 79.9 Å². The first kappa shape index (κ1) is 21.5. The van der Waals surface area contributed by atoms with Gasteiger partial charge in [0.05, 0.1) is 19.9 Å². The Morgan fingerprint density at radius 2 is 1.67 bits per heavy atom. The van der Waals surface area contributed by atoms with Crippen LogP contribution in [0.15, 0.2) is 48.5 Å². The van der Waals surface area contributed by atoms with Gasteiger partial charge in [-0.2, -0.15) is 0 Å². The monoisotopic (exact) mass is 411 g/mol. The molecule has 0 bridgehead atoms. The van der Waals surface area contributed by atoms with Gasteiger partial charge in [0.25, 0.3) is 0 Å². The van der Waals surface area contributed by atoms with E-state index in [1.165, 1.54) is 0 Å². The largest absolute Gasteiger partial charge is 0.497 e. The summed E-state index contributed by atoms with van der Waals surface area (Å²) in [5.74, 6) is 1.42. The fourth-order valence-corrected chi connectivity index (χ4v) is 3.51. The van der Waals surface area contributed by atoms with Crippen molar-refractivity contribution in [1.29, 1.82) is 0 Å². The summed E-state index contributed by atoms with van der Waals surface area (Å²) < 4.78 is 10.4. The first-order valence-corrected chi connectivity index (χ1v) is 10.1. The van der Waals surface area contributed by atoms with Crippen LogP contribution in [0.5, 0.6) is 11.5 Å². The molecule has 3 rings (SSSR count). The number of carbonyl (C=O) groups is 2. The standard InChI is InChI=1S/C23H29N3O4/c1-23(21(27)24-16-17-8-10-18(29-2)11-9-17)12-14-26(15-13-23)22(28)25-19-6-4-5-7-20(19)30-3/h4-11H,12-16H2,1-3H3,(H,24,27)(H,25,28). The van der Waals surface area contributed by atoms with Crippen molar-refractivity contribution in [2.75, 3.05) is 32.6 Å². The Balaban J connectivity index is 1.51. The SMILES string of the molecule is COc1ccc(CNC(=O)C2(C)CCN(C(=O)Nc3ccccc3OC)CC2)cc1. The second kappa shape index (κ2) is 9.52. The van der Waals surface area contributed by atoms with Crippen LogP contribution in [0.2, 0.25) is 0 Å². The molecule has 160 valence electrons. The van der Waals surface area contributed by atoms with Crippen LogP contribution in [-0.2, 0) is 11.3 Å². The number of ether oxygens (including phenoxy) is 2. The number of hydrogen-bond donors (Lipinski definition) is 2. The molecule has 0 radical (unpaired) electrons. The predicted molar refractivity (Wildman–Crippen MR) is 116 cm³/mol.